The molecule has 2 N–H and O–H groups in total. The van der Waals surface area contributed by atoms with Crippen LogP contribution in [0, 0.1) is 0 Å². The van der Waals surface area contributed by atoms with Gasteiger partial charge in [0.15, 0.2) is 5.96 Å². The van der Waals surface area contributed by atoms with Gasteiger partial charge in [-0.25, -0.2) is 4.99 Å². The predicted octanol–water partition coefficient (Wildman–Crippen LogP) is 2.75. The average molecular weight is 251 g/mol. The lowest BCUT2D eigenvalue weighted by Gasteiger charge is -2.16. The first-order valence-electron chi connectivity index (χ1n) is 6.44. The topological polar surface area (TPSA) is 36.4 Å². The minimum absolute atomic E-state index is 0.621. The molecule has 1 heterocycles. The first kappa shape index (κ1) is 12.4. The van der Waals surface area contributed by atoms with Crippen molar-refractivity contribution in [1.29, 1.82) is 0 Å². The van der Waals surface area contributed by atoms with Gasteiger partial charge in [-0.2, -0.15) is 11.3 Å². The van der Waals surface area contributed by atoms with Crippen molar-refractivity contribution >= 4 is 17.3 Å². The molecule has 3 nitrogen and oxygen atoms in total. The molecule has 0 radical (unpaired) electrons. The summed E-state index contributed by atoms with van der Waals surface area (Å²) in [6.45, 7) is 3.80. The number of thiophene rings is 1. The van der Waals surface area contributed by atoms with E-state index in [0.29, 0.717) is 6.04 Å². The van der Waals surface area contributed by atoms with Crippen molar-refractivity contribution in [2.75, 3.05) is 6.54 Å². The highest BCUT2D eigenvalue weighted by molar-refractivity contribution is 7.07. The number of aliphatic imine (C=N–C) groups is 1. The molecule has 4 heteroatoms. The van der Waals surface area contributed by atoms with E-state index >= 15 is 0 Å². The van der Waals surface area contributed by atoms with E-state index in [1.165, 1.54) is 31.2 Å². The second-order valence-electron chi connectivity index (χ2n) is 4.45. The van der Waals surface area contributed by atoms with E-state index in [2.05, 4.69) is 39.4 Å². The van der Waals surface area contributed by atoms with Gasteiger partial charge in [-0.1, -0.05) is 12.8 Å². The smallest absolute Gasteiger partial charge is 0.191 e. The highest BCUT2D eigenvalue weighted by Gasteiger charge is 2.15. The van der Waals surface area contributed by atoms with Crippen LogP contribution in [-0.2, 0) is 6.54 Å². The Morgan fingerprint density at radius 3 is 2.94 bits per heavy atom. The summed E-state index contributed by atoms with van der Waals surface area (Å²) in [7, 11) is 0. The third kappa shape index (κ3) is 4.04. The Morgan fingerprint density at radius 2 is 2.29 bits per heavy atom. The van der Waals surface area contributed by atoms with Crippen LogP contribution in [0.2, 0.25) is 0 Å². The SMILES string of the molecule is CCNC(=NCc1ccsc1)NC1CCCC1. The van der Waals surface area contributed by atoms with Crippen LogP contribution in [0.4, 0.5) is 0 Å². The van der Waals surface area contributed by atoms with Gasteiger partial charge < -0.3 is 10.6 Å². The Morgan fingerprint density at radius 1 is 1.47 bits per heavy atom. The van der Waals surface area contributed by atoms with Crippen LogP contribution in [0.3, 0.4) is 0 Å². The van der Waals surface area contributed by atoms with Crippen LogP contribution in [0.25, 0.3) is 0 Å². The molecule has 1 saturated carbocycles. The first-order chi connectivity index (χ1) is 8.38. The maximum absolute atomic E-state index is 4.62. The minimum Gasteiger partial charge on any atom is -0.357 e. The summed E-state index contributed by atoms with van der Waals surface area (Å²) in [6.07, 6.45) is 5.26. The molecule has 0 bridgehead atoms. The zero-order chi connectivity index (χ0) is 11.9. The second kappa shape index (κ2) is 6.64. The van der Waals surface area contributed by atoms with E-state index in [4.69, 9.17) is 0 Å². The molecule has 1 fully saturated rings. The molecule has 0 aromatic carbocycles. The number of rotatable bonds is 4. The van der Waals surface area contributed by atoms with E-state index in [0.717, 1.165) is 19.0 Å². The summed E-state index contributed by atoms with van der Waals surface area (Å²) >= 11 is 1.73. The average Bonchev–Trinajstić information content (AvgIpc) is 2.99. The summed E-state index contributed by atoms with van der Waals surface area (Å²) in [4.78, 5) is 4.62. The highest BCUT2D eigenvalue weighted by Crippen LogP contribution is 2.17. The molecule has 0 amide bonds. The largest absolute Gasteiger partial charge is 0.357 e. The Labute approximate surface area is 107 Å². The summed E-state index contributed by atoms with van der Waals surface area (Å²) < 4.78 is 0. The van der Waals surface area contributed by atoms with Crippen LogP contribution in [-0.4, -0.2) is 18.5 Å². The fourth-order valence-corrected chi connectivity index (χ4v) is 2.80. The molecule has 0 unspecified atom stereocenters. The molecule has 2 rings (SSSR count). The predicted molar refractivity (Wildman–Crippen MR) is 74.5 cm³/mol. The van der Waals surface area contributed by atoms with Gasteiger partial charge in [-0.3, -0.25) is 0 Å². The Kier molecular flexibility index (Phi) is 4.86. The lowest BCUT2D eigenvalue weighted by Crippen LogP contribution is -2.42. The molecule has 1 aromatic heterocycles. The molecule has 0 atom stereocenters. The van der Waals surface area contributed by atoms with E-state index < -0.39 is 0 Å². The van der Waals surface area contributed by atoms with Crippen LogP contribution >= 0.6 is 11.3 Å². The summed E-state index contributed by atoms with van der Waals surface area (Å²) in [5, 5.41) is 11.1. The molecule has 0 spiro atoms. The van der Waals surface area contributed by atoms with Crippen molar-refractivity contribution in [1.82, 2.24) is 10.6 Å². The van der Waals surface area contributed by atoms with Gasteiger partial charge in [0.25, 0.3) is 0 Å². The fraction of sp³-hybridized carbons (Fsp3) is 0.615. The maximum atomic E-state index is 4.62. The molecular formula is C13H21N3S. The third-order valence-corrected chi connectivity index (χ3v) is 3.77. The summed E-state index contributed by atoms with van der Waals surface area (Å²) in [5.74, 6) is 0.964. The highest BCUT2D eigenvalue weighted by atomic mass is 32.1. The Bertz CT molecular complexity index is 340. The molecule has 1 aliphatic carbocycles. The van der Waals surface area contributed by atoms with Gasteiger partial charge in [-0.05, 0) is 42.2 Å². The van der Waals surface area contributed by atoms with E-state index in [1.807, 2.05) is 0 Å². The lowest BCUT2D eigenvalue weighted by molar-refractivity contribution is 0.614. The van der Waals surface area contributed by atoms with E-state index in [9.17, 15) is 0 Å². The van der Waals surface area contributed by atoms with Gasteiger partial charge in [0.2, 0.25) is 0 Å². The quantitative estimate of drug-likeness (QED) is 0.637. The van der Waals surface area contributed by atoms with Crippen molar-refractivity contribution in [2.24, 2.45) is 4.99 Å². The van der Waals surface area contributed by atoms with Gasteiger partial charge in [0.1, 0.15) is 0 Å². The standard InChI is InChI=1S/C13H21N3S/c1-2-14-13(16-12-5-3-4-6-12)15-9-11-7-8-17-10-11/h7-8,10,12H,2-6,9H2,1H3,(H2,14,15,16). The molecule has 0 saturated heterocycles. The molecule has 1 aliphatic rings. The van der Waals surface area contributed by atoms with Crippen molar-refractivity contribution in [3.8, 4) is 0 Å². The van der Waals surface area contributed by atoms with Gasteiger partial charge in [0.05, 0.1) is 6.54 Å². The number of nitrogens with one attached hydrogen (secondary N) is 2. The number of hydrogen-bond acceptors (Lipinski definition) is 2. The number of guanidine groups is 1. The zero-order valence-corrected chi connectivity index (χ0v) is 11.2. The first-order valence-corrected chi connectivity index (χ1v) is 7.38. The Balaban J connectivity index is 1.88. The maximum Gasteiger partial charge on any atom is 0.191 e. The number of hydrogen-bond donors (Lipinski definition) is 2. The second-order valence-corrected chi connectivity index (χ2v) is 5.23. The van der Waals surface area contributed by atoms with Crippen LogP contribution in [0.1, 0.15) is 38.2 Å². The van der Waals surface area contributed by atoms with E-state index in [-0.39, 0.29) is 0 Å². The lowest BCUT2D eigenvalue weighted by atomic mass is 10.2. The van der Waals surface area contributed by atoms with E-state index in [1.54, 1.807) is 11.3 Å². The molecule has 94 valence electrons. The van der Waals surface area contributed by atoms with Crippen molar-refractivity contribution in [3.63, 3.8) is 0 Å². The molecule has 1 aromatic rings. The van der Waals surface area contributed by atoms with Crippen molar-refractivity contribution in [2.45, 2.75) is 45.2 Å². The van der Waals surface area contributed by atoms with Gasteiger partial charge in [0, 0.05) is 12.6 Å². The molecule has 0 aliphatic heterocycles. The van der Waals surface area contributed by atoms with Gasteiger partial charge in [-0.15, -0.1) is 0 Å². The van der Waals surface area contributed by atoms with Crippen LogP contribution in [0.15, 0.2) is 21.8 Å². The van der Waals surface area contributed by atoms with Gasteiger partial charge >= 0.3 is 0 Å². The third-order valence-electron chi connectivity index (χ3n) is 3.04. The number of nitrogens with zero attached hydrogens (tertiary/aromatic N) is 1. The Hall–Kier alpha value is -1.03. The fourth-order valence-electron chi connectivity index (χ4n) is 2.14. The van der Waals surface area contributed by atoms with Crippen molar-refractivity contribution in [3.05, 3.63) is 22.4 Å². The van der Waals surface area contributed by atoms with Crippen LogP contribution < -0.4 is 10.6 Å². The molecule has 17 heavy (non-hydrogen) atoms. The minimum atomic E-state index is 0.621. The monoisotopic (exact) mass is 251 g/mol. The van der Waals surface area contributed by atoms with Crippen LogP contribution in [0.5, 0.6) is 0 Å². The normalized spacial score (nSPS) is 17.4. The molecular weight excluding hydrogens is 230 g/mol. The summed E-state index contributed by atoms with van der Waals surface area (Å²) in [5.41, 5.74) is 1.29. The van der Waals surface area contributed by atoms with Crippen molar-refractivity contribution < 1.29 is 0 Å². The zero-order valence-electron chi connectivity index (χ0n) is 10.4. The summed E-state index contributed by atoms with van der Waals surface area (Å²) in [6, 6.07) is 2.75.